The van der Waals surface area contributed by atoms with Gasteiger partial charge in [-0.25, -0.2) is 9.97 Å². The molecule has 25 heavy (non-hydrogen) atoms. The first-order chi connectivity index (χ1) is 11.9. The van der Waals surface area contributed by atoms with Crippen LogP contribution in [0.25, 0.3) is 10.6 Å². The van der Waals surface area contributed by atoms with E-state index in [1.165, 1.54) is 11.3 Å². The summed E-state index contributed by atoms with van der Waals surface area (Å²) in [4.78, 5) is 20.5. The van der Waals surface area contributed by atoms with Crippen LogP contribution in [0.1, 0.15) is 35.8 Å². The number of carbonyl (C=O) groups is 1. The van der Waals surface area contributed by atoms with Crippen LogP contribution in [0.15, 0.2) is 42.6 Å². The molecule has 3 rings (SSSR count). The molecule has 128 valence electrons. The van der Waals surface area contributed by atoms with Crippen molar-refractivity contribution in [1.82, 2.24) is 9.97 Å². The Hall–Kier alpha value is -2.44. The Labute approximate surface area is 154 Å². The first kappa shape index (κ1) is 17.4. The number of benzene rings is 1. The largest absolute Gasteiger partial charge is 0.364 e. The quantitative estimate of drug-likeness (QED) is 0.672. The molecule has 0 bridgehead atoms. The van der Waals surface area contributed by atoms with Gasteiger partial charge in [0.05, 0.1) is 0 Å². The second kappa shape index (κ2) is 7.21. The van der Waals surface area contributed by atoms with Crippen LogP contribution in [-0.4, -0.2) is 15.9 Å². The summed E-state index contributed by atoms with van der Waals surface area (Å²) < 4.78 is 0. The van der Waals surface area contributed by atoms with Gasteiger partial charge in [-0.2, -0.15) is 0 Å². The molecule has 0 saturated heterocycles. The highest BCUT2D eigenvalue weighted by molar-refractivity contribution is 7.19. The lowest BCUT2D eigenvalue weighted by Crippen LogP contribution is -2.13. The van der Waals surface area contributed by atoms with Gasteiger partial charge in [-0.1, -0.05) is 55.0 Å². The maximum Gasteiger partial charge on any atom is 0.270 e. The summed E-state index contributed by atoms with van der Waals surface area (Å²) in [6.45, 7) is 4.22. The molecule has 2 heterocycles. The van der Waals surface area contributed by atoms with Crippen molar-refractivity contribution in [2.75, 3.05) is 5.32 Å². The predicted octanol–water partition coefficient (Wildman–Crippen LogP) is 4.82. The average Bonchev–Trinajstić information content (AvgIpc) is 3.00. The molecule has 0 spiro atoms. The third kappa shape index (κ3) is 3.97. The van der Waals surface area contributed by atoms with E-state index in [-0.39, 0.29) is 5.69 Å². The standard InChI is InChI=1S/C18H17ClN4OS/c1-10(2)12-5-8-14(21-9-12)22-18-15(16(20)24)23-17(25-18)11-3-6-13(19)7-4-11/h3-10H,1-2H3,(H2,20,24)(H,21,22). The number of nitrogens with zero attached hydrogens (tertiary/aromatic N) is 2. The van der Waals surface area contributed by atoms with Crippen LogP contribution >= 0.6 is 22.9 Å². The molecule has 5 nitrogen and oxygen atoms in total. The number of primary amides is 1. The molecule has 0 aliphatic heterocycles. The molecule has 2 aromatic heterocycles. The fraction of sp³-hybridized carbons (Fsp3) is 0.167. The van der Waals surface area contributed by atoms with Crippen molar-refractivity contribution in [3.05, 3.63) is 58.9 Å². The van der Waals surface area contributed by atoms with Crippen molar-refractivity contribution < 1.29 is 4.79 Å². The molecule has 7 heteroatoms. The van der Waals surface area contributed by atoms with Gasteiger partial charge in [0.2, 0.25) is 0 Å². The van der Waals surface area contributed by atoms with Gasteiger partial charge in [0.1, 0.15) is 15.8 Å². The molecule has 1 amide bonds. The zero-order valence-electron chi connectivity index (χ0n) is 13.8. The molecule has 0 aliphatic carbocycles. The fourth-order valence-electron chi connectivity index (χ4n) is 2.22. The van der Waals surface area contributed by atoms with Gasteiger partial charge in [0.15, 0.2) is 5.69 Å². The predicted molar refractivity (Wildman–Crippen MR) is 103 cm³/mol. The van der Waals surface area contributed by atoms with Crippen LogP contribution in [0.3, 0.4) is 0 Å². The van der Waals surface area contributed by atoms with E-state index in [0.717, 1.165) is 11.1 Å². The summed E-state index contributed by atoms with van der Waals surface area (Å²) in [5.41, 5.74) is 7.68. The average molecular weight is 373 g/mol. The SMILES string of the molecule is CC(C)c1ccc(Nc2sc(-c3ccc(Cl)cc3)nc2C(N)=O)nc1. The maximum absolute atomic E-state index is 11.7. The number of hydrogen-bond acceptors (Lipinski definition) is 5. The van der Waals surface area contributed by atoms with Crippen LogP contribution < -0.4 is 11.1 Å². The first-order valence-electron chi connectivity index (χ1n) is 7.73. The number of halogens is 1. The second-order valence-electron chi connectivity index (χ2n) is 5.82. The number of aromatic nitrogens is 2. The highest BCUT2D eigenvalue weighted by Crippen LogP contribution is 2.34. The van der Waals surface area contributed by atoms with Crippen molar-refractivity contribution in [3.8, 4) is 10.6 Å². The third-order valence-corrected chi connectivity index (χ3v) is 4.92. The van der Waals surface area contributed by atoms with Crippen molar-refractivity contribution in [2.45, 2.75) is 19.8 Å². The second-order valence-corrected chi connectivity index (χ2v) is 7.26. The van der Waals surface area contributed by atoms with Gasteiger partial charge in [-0.05, 0) is 29.7 Å². The van der Waals surface area contributed by atoms with Gasteiger partial charge in [0, 0.05) is 16.8 Å². The van der Waals surface area contributed by atoms with E-state index in [2.05, 4.69) is 29.1 Å². The Morgan fingerprint density at radius 3 is 2.48 bits per heavy atom. The Morgan fingerprint density at radius 2 is 1.92 bits per heavy atom. The number of carbonyl (C=O) groups excluding carboxylic acids is 1. The first-order valence-corrected chi connectivity index (χ1v) is 8.93. The van der Waals surface area contributed by atoms with Crippen molar-refractivity contribution in [3.63, 3.8) is 0 Å². The summed E-state index contributed by atoms with van der Waals surface area (Å²) in [7, 11) is 0. The Morgan fingerprint density at radius 1 is 1.20 bits per heavy atom. The topological polar surface area (TPSA) is 80.9 Å². The third-order valence-electron chi connectivity index (χ3n) is 3.65. The highest BCUT2D eigenvalue weighted by Gasteiger charge is 2.17. The number of anilines is 2. The van der Waals surface area contributed by atoms with E-state index in [1.54, 1.807) is 12.1 Å². The minimum Gasteiger partial charge on any atom is -0.364 e. The van der Waals surface area contributed by atoms with E-state index >= 15 is 0 Å². The Bertz CT molecular complexity index is 888. The summed E-state index contributed by atoms with van der Waals surface area (Å²) in [6, 6.07) is 11.1. The number of thiazole rings is 1. The number of hydrogen-bond donors (Lipinski definition) is 2. The molecule has 0 unspecified atom stereocenters. The molecule has 0 aliphatic rings. The zero-order chi connectivity index (χ0) is 18.0. The lowest BCUT2D eigenvalue weighted by Gasteiger charge is -2.07. The van der Waals surface area contributed by atoms with Crippen molar-refractivity contribution >= 4 is 39.7 Å². The molecule has 3 N–H and O–H groups in total. The smallest absolute Gasteiger partial charge is 0.270 e. The van der Waals surface area contributed by atoms with Gasteiger partial charge >= 0.3 is 0 Å². The van der Waals surface area contributed by atoms with Crippen LogP contribution in [0.2, 0.25) is 5.02 Å². The summed E-state index contributed by atoms with van der Waals surface area (Å²) in [5, 5.41) is 5.04. The number of amides is 1. The minimum absolute atomic E-state index is 0.199. The number of pyridine rings is 1. The van der Waals surface area contributed by atoms with E-state index in [1.807, 2.05) is 30.5 Å². The summed E-state index contributed by atoms with van der Waals surface area (Å²) in [6.07, 6.45) is 1.82. The molecular weight excluding hydrogens is 356 g/mol. The highest BCUT2D eigenvalue weighted by atomic mass is 35.5. The van der Waals surface area contributed by atoms with E-state index in [0.29, 0.717) is 26.8 Å². The fourth-order valence-corrected chi connectivity index (χ4v) is 3.33. The van der Waals surface area contributed by atoms with Crippen LogP contribution in [0, 0.1) is 0 Å². The molecular formula is C18H17ClN4OS. The monoisotopic (exact) mass is 372 g/mol. The number of rotatable bonds is 5. The van der Waals surface area contributed by atoms with Crippen LogP contribution in [-0.2, 0) is 0 Å². The molecule has 3 aromatic rings. The number of nitrogens with one attached hydrogen (secondary N) is 1. The zero-order valence-corrected chi connectivity index (χ0v) is 15.4. The summed E-state index contributed by atoms with van der Waals surface area (Å²) in [5.74, 6) is 0.457. The van der Waals surface area contributed by atoms with Crippen molar-refractivity contribution in [2.24, 2.45) is 5.73 Å². The van der Waals surface area contributed by atoms with Crippen molar-refractivity contribution in [1.29, 1.82) is 0 Å². The van der Waals surface area contributed by atoms with Gasteiger partial charge in [0.25, 0.3) is 5.91 Å². The maximum atomic E-state index is 11.7. The lowest BCUT2D eigenvalue weighted by atomic mass is 10.1. The summed E-state index contributed by atoms with van der Waals surface area (Å²) >= 11 is 7.26. The van der Waals surface area contributed by atoms with Crippen LogP contribution in [0.5, 0.6) is 0 Å². The van der Waals surface area contributed by atoms with E-state index < -0.39 is 5.91 Å². The molecule has 0 saturated carbocycles. The van der Waals surface area contributed by atoms with Gasteiger partial charge in [-0.3, -0.25) is 4.79 Å². The van der Waals surface area contributed by atoms with Gasteiger partial charge in [-0.15, -0.1) is 0 Å². The Balaban J connectivity index is 1.92. The van der Waals surface area contributed by atoms with E-state index in [9.17, 15) is 4.79 Å². The van der Waals surface area contributed by atoms with Gasteiger partial charge < -0.3 is 11.1 Å². The Kier molecular flexibility index (Phi) is 5.01. The molecule has 0 atom stereocenters. The van der Waals surface area contributed by atoms with E-state index in [4.69, 9.17) is 17.3 Å². The lowest BCUT2D eigenvalue weighted by molar-refractivity contribution is 0.0997. The normalized spacial score (nSPS) is 10.9. The molecule has 0 radical (unpaired) electrons. The molecule has 0 fully saturated rings. The molecule has 1 aromatic carbocycles. The number of nitrogens with two attached hydrogens (primary N) is 1. The van der Waals surface area contributed by atoms with Crippen LogP contribution in [0.4, 0.5) is 10.8 Å². The minimum atomic E-state index is -0.585.